The molecule has 144 valence electrons. The second-order valence-electron chi connectivity index (χ2n) is 5.68. The third-order valence-corrected chi connectivity index (χ3v) is 4.58. The van der Waals surface area contributed by atoms with Crippen molar-refractivity contribution in [3.05, 3.63) is 54.1 Å². The smallest absolute Gasteiger partial charge is 0.373 e. The average Bonchev–Trinajstić information content (AvgIpc) is 2.60. The number of halogens is 3. The first-order chi connectivity index (χ1) is 12.7. The summed E-state index contributed by atoms with van der Waals surface area (Å²) in [5.74, 6) is -0.877. The number of hydrogen-bond acceptors (Lipinski definition) is 4. The molecule has 9 heteroatoms. The molecule has 0 aliphatic rings. The zero-order valence-corrected chi connectivity index (χ0v) is 15.2. The van der Waals surface area contributed by atoms with Gasteiger partial charge < -0.3 is 16.4 Å². The molecule has 0 spiro atoms. The average molecular weight is 397 g/mol. The van der Waals surface area contributed by atoms with Crippen LogP contribution in [0.25, 0.3) is 0 Å². The van der Waals surface area contributed by atoms with Crippen molar-refractivity contribution in [2.24, 2.45) is 5.73 Å². The zero-order chi connectivity index (χ0) is 20.0. The minimum Gasteiger partial charge on any atom is -0.373 e. The predicted octanol–water partition coefficient (Wildman–Crippen LogP) is 3.72. The fourth-order valence-electron chi connectivity index (χ4n) is 2.18. The number of nitrogens with two attached hydrogens (primary N) is 1. The second-order valence-corrected chi connectivity index (χ2v) is 6.70. The van der Waals surface area contributed by atoms with Gasteiger partial charge in [0.1, 0.15) is 6.04 Å². The van der Waals surface area contributed by atoms with E-state index < -0.39 is 29.6 Å². The molecule has 0 saturated carbocycles. The minimum atomic E-state index is -4.48. The molecule has 2 amide bonds. The van der Waals surface area contributed by atoms with Crippen molar-refractivity contribution >= 4 is 35.0 Å². The van der Waals surface area contributed by atoms with Gasteiger partial charge in [-0.1, -0.05) is 18.2 Å². The number of rotatable bonds is 7. The lowest BCUT2D eigenvalue weighted by atomic mass is 10.2. The van der Waals surface area contributed by atoms with Crippen molar-refractivity contribution in [1.29, 1.82) is 0 Å². The molecule has 0 saturated heterocycles. The largest absolute Gasteiger partial charge is 0.416 e. The van der Waals surface area contributed by atoms with Crippen LogP contribution < -0.4 is 16.4 Å². The van der Waals surface area contributed by atoms with Gasteiger partial charge in [0.15, 0.2) is 0 Å². The van der Waals surface area contributed by atoms with Gasteiger partial charge in [-0.15, -0.1) is 11.8 Å². The number of nitrogens with one attached hydrogen (secondary N) is 2. The first kappa shape index (κ1) is 20.6. The van der Waals surface area contributed by atoms with Crippen molar-refractivity contribution in [2.75, 3.05) is 16.4 Å². The molecule has 27 heavy (non-hydrogen) atoms. The van der Waals surface area contributed by atoms with E-state index >= 15 is 0 Å². The molecule has 0 aliphatic heterocycles. The molecular weight excluding hydrogens is 379 g/mol. The SMILES string of the molecule is C[C@@H](Nc1ccccc1SCC(N)=O)C(=O)Nc1cccc(C(F)(F)F)c1. The van der Waals surface area contributed by atoms with E-state index in [1.54, 1.807) is 31.2 Å². The maximum absolute atomic E-state index is 12.8. The highest BCUT2D eigenvalue weighted by molar-refractivity contribution is 8.00. The van der Waals surface area contributed by atoms with Crippen LogP contribution in [-0.4, -0.2) is 23.6 Å². The van der Waals surface area contributed by atoms with Gasteiger partial charge in [0.05, 0.1) is 11.3 Å². The van der Waals surface area contributed by atoms with Crippen LogP contribution in [0.15, 0.2) is 53.4 Å². The molecule has 0 heterocycles. The number of primary amides is 1. The Morgan fingerprint density at radius 2 is 1.85 bits per heavy atom. The Morgan fingerprint density at radius 1 is 1.15 bits per heavy atom. The van der Waals surface area contributed by atoms with E-state index in [1.807, 2.05) is 0 Å². The normalized spacial score (nSPS) is 12.3. The van der Waals surface area contributed by atoms with E-state index in [-0.39, 0.29) is 11.4 Å². The third kappa shape index (κ3) is 6.21. The number of para-hydroxylation sites is 1. The minimum absolute atomic E-state index is 0.0554. The highest BCUT2D eigenvalue weighted by atomic mass is 32.2. The fraction of sp³-hybridized carbons (Fsp3) is 0.222. The molecule has 4 N–H and O–H groups in total. The summed E-state index contributed by atoms with van der Waals surface area (Å²) in [5.41, 5.74) is 4.98. The van der Waals surface area contributed by atoms with Gasteiger partial charge in [0, 0.05) is 16.3 Å². The van der Waals surface area contributed by atoms with Gasteiger partial charge in [-0.05, 0) is 37.3 Å². The number of benzene rings is 2. The molecule has 0 fully saturated rings. The van der Waals surface area contributed by atoms with Crippen LogP contribution in [-0.2, 0) is 15.8 Å². The maximum Gasteiger partial charge on any atom is 0.416 e. The highest BCUT2D eigenvalue weighted by Crippen LogP contribution is 2.31. The molecule has 0 unspecified atom stereocenters. The number of alkyl halides is 3. The zero-order valence-electron chi connectivity index (χ0n) is 14.3. The summed E-state index contributed by atoms with van der Waals surface area (Å²) in [6.45, 7) is 1.58. The number of amides is 2. The molecule has 2 rings (SSSR count). The summed E-state index contributed by atoms with van der Waals surface area (Å²) in [4.78, 5) is 24.0. The Hall–Kier alpha value is -2.68. The van der Waals surface area contributed by atoms with Crippen molar-refractivity contribution in [3.63, 3.8) is 0 Å². The molecule has 5 nitrogen and oxygen atoms in total. The van der Waals surface area contributed by atoms with Crippen LogP contribution >= 0.6 is 11.8 Å². The summed E-state index contributed by atoms with van der Waals surface area (Å²) < 4.78 is 38.3. The molecule has 0 aliphatic carbocycles. The van der Waals surface area contributed by atoms with E-state index in [9.17, 15) is 22.8 Å². The van der Waals surface area contributed by atoms with Gasteiger partial charge in [-0.2, -0.15) is 13.2 Å². The number of anilines is 2. The van der Waals surface area contributed by atoms with Crippen molar-refractivity contribution < 1.29 is 22.8 Å². The first-order valence-corrected chi connectivity index (χ1v) is 8.90. The third-order valence-electron chi connectivity index (χ3n) is 3.48. The lowest BCUT2D eigenvalue weighted by molar-refractivity contribution is -0.137. The standard InChI is InChI=1S/C18H18F3N3O2S/c1-11(23-14-7-2-3-8-15(14)27-10-16(22)25)17(26)24-13-6-4-5-12(9-13)18(19,20)21/h2-9,11,23H,10H2,1H3,(H2,22,25)(H,24,26)/t11-/m1/s1. The van der Waals surface area contributed by atoms with Crippen LogP contribution in [0.2, 0.25) is 0 Å². The van der Waals surface area contributed by atoms with Crippen LogP contribution in [0.3, 0.4) is 0 Å². The fourth-order valence-corrected chi connectivity index (χ4v) is 2.94. The number of carbonyl (C=O) groups excluding carboxylic acids is 2. The number of hydrogen-bond donors (Lipinski definition) is 3. The van der Waals surface area contributed by atoms with Crippen LogP contribution in [0.4, 0.5) is 24.5 Å². The Kier molecular flexibility index (Phi) is 6.73. The Morgan fingerprint density at radius 3 is 2.52 bits per heavy atom. The van der Waals surface area contributed by atoms with Crippen LogP contribution in [0, 0.1) is 0 Å². The predicted molar refractivity (Wildman–Crippen MR) is 99.5 cm³/mol. The van der Waals surface area contributed by atoms with E-state index in [2.05, 4.69) is 10.6 Å². The summed E-state index contributed by atoms with van der Waals surface area (Å²) in [6.07, 6.45) is -4.48. The van der Waals surface area contributed by atoms with Crippen LogP contribution in [0.1, 0.15) is 12.5 Å². The quantitative estimate of drug-likeness (QED) is 0.622. The molecule has 0 aromatic heterocycles. The van der Waals surface area contributed by atoms with E-state index in [4.69, 9.17) is 5.73 Å². The Labute approximate surface area is 158 Å². The Bertz CT molecular complexity index is 827. The van der Waals surface area contributed by atoms with Crippen molar-refractivity contribution in [1.82, 2.24) is 0 Å². The van der Waals surface area contributed by atoms with Gasteiger partial charge in [-0.3, -0.25) is 9.59 Å². The molecule has 0 bridgehead atoms. The van der Waals surface area contributed by atoms with Crippen molar-refractivity contribution in [3.8, 4) is 0 Å². The molecule has 0 radical (unpaired) electrons. The second kappa shape index (κ2) is 8.81. The lowest BCUT2D eigenvalue weighted by Gasteiger charge is -2.18. The first-order valence-electron chi connectivity index (χ1n) is 7.91. The van der Waals surface area contributed by atoms with E-state index in [0.29, 0.717) is 5.69 Å². The molecule has 1 atom stereocenters. The molecule has 2 aromatic rings. The van der Waals surface area contributed by atoms with Crippen LogP contribution in [0.5, 0.6) is 0 Å². The number of thioether (sulfide) groups is 1. The van der Waals surface area contributed by atoms with Gasteiger partial charge >= 0.3 is 6.18 Å². The summed E-state index contributed by atoms with van der Waals surface area (Å²) in [5, 5.41) is 5.45. The van der Waals surface area contributed by atoms with Gasteiger partial charge in [0.2, 0.25) is 11.8 Å². The van der Waals surface area contributed by atoms with E-state index in [1.165, 1.54) is 23.9 Å². The van der Waals surface area contributed by atoms with Crippen molar-refractivity contribution in [2.45, 2.75) is 24.0 Å². The molecule has 2 aromatic carbocycles. The number of carbonyl (C=O) groups is 2. The monoisotopic (exact) mass is 397 g/mol. The summed E-state index contributed by atoms with van der Waals surface area (Å²) in [6, 6.07) is 10.7. The van der Waals surface area contributed by atoms with Gasteiger partial charge in [-0.25, -0.2) is 0 Å². The van der Waals surface area contributed by atoms with Gasteiger partial charge in [0.25, 0.3) is 0 Å². The maximum atomic E-state index is 12.8. The van der Waals surface area contributed by atoms with E-state index in [0.717, 1.165) is 17.0 Å². The topological polar surface area (TPSA) is 84.2 Å². The summed E-state index contributed by atoms with van der Waals surface area (Å²) >= 11 is 1.22. The summed E-state index contributed by atoms with van der Waals surface area (Å²) in [7, 11) is 0. The highest BCUT2D eigenvalue weighted by Gasteiger charge is 2.30. The molecular formula is C18H18F3N3O2S. The Balaban J connectivity index is 2.05. The lowest BCUT2D eigenvalue weighted by Crippen LogP contribution is -2.32.